The van der Waals surface area contributed by atoms with Crippen LogP contribution >= 0.6 is 27.5 Å². The Morgan fingerprint density at radius 1 is 1.61 bits per heavy atom. The van der Waals surface area contributed by atoms with Crippen LogP contribution in [0.15, 0.2) is 22.7 Å². The average molecular weight is 330 g/mol. The highest BCUT2D eigenvalue weighted by Crippen LogP contribution is 2.26. The Morgan fingerprint density at radius 2 is 2.44 bits per heavy atom. The normalized spacial score (nSPS) is 20.6. The molecule has 0 aliphatic carbocycles. The monoisotopic (exact) mass is 328 g/mol. The van der Waals surface area contributed by atoms with Crippen LogP contribution in [-0.4, -0.2) is 19.3 Å². The number of hydrogen-bond donors (Lipinski definition) is 1. The van der Waals surface area contributed by atoms with Crippen molar-refractivity contribution in [1.29, 1.82) is 5.26 Å². The van der Waals surface area contributed by atoms with Crippen molar-refractivity contribution >= 4 is 27.5 Å². The number of nitrogens with one attached hydrogen (secondary N) is 1. The van der Waals surface area contributed by atoms with E-state index in [1.54, 1.807) is 12.1 Å². The van der Waals surface area contributed by atoms with Crippen molar-refractivity contribution in [3.8, 4) is 6.07 Å². The summed E-state index contributed by atoms with van der Waals surface area (Å²) in [5.74, 6) is 0. The second kappa shape index (κ2) is 6.53. The molecule has 3 nitrogen and oxygen atoms in total. The van der Waals surface area contributed by atoms with Crippen LogP contribution in [0.4, 0.5) is 0 Å². The van der Waals surface area contributed by atoms with E-state index in [0.29, 0.717) is 11.6 Å². The fraction of sp³-hybridized carbons (Fsp3) is 0.462. The molecule has 2 atom stereocenters. The van der Waals surface area contributed by atoms with E-state index in [1.165, 1.54) is 0 Å². The quantitative estimate of drug-likeness (QED) is 0.920. The van der Waals surface area contributed by atoms with Crippen LogP contribution in [-0.2, 0) is 4.74 Å². The van der Waals surface area contributed by atoms with E-state index in [1.807, 2.05) is 6.07 Å². The first-order valence-electron chi connectivity index (χ1n) is 5.90. The molecule has 1 aromatic carbocycles. The van der Waals surface area contributed by atoms with Crippen LogP contribution in [0.3, 0.4) is 0 Å². The molecule has 0 amide bonds. The van der Waals surface area contributed by atoms with Gasteiger partial charge >= 0.3 is 0 Å². The maximum absolute atomic E-state index is 9.24. The summed E-state index contributed by atoms with van der Waals surface area (Å²) in [6.45, 7) is 1.53. The van der Waals surface area contributed by atoms with Gasteiger partial charge in [0.05, 0.1) is 12.2 Å². The predicted molar refractivity (Wildman–Crippen MR) is 74.5 cm³/mol. The highest BCUT2D eigenvalue weighted by Gasteiger charge is 2.19. The number of rotatable bonds is 4. The molecule has 0 spiro atoms. The average Bonchev–Trinajstić information content (AvgIpc) is 2.85. The topological polar surface area (TPSA) is 45.0 Å². The largest absolute Gasteiger partial charge is 0.377 e. The number of hydrogen-bond acceptors (Lipinski definition) is 3. The molecule has 1 saturated heterocycles. The second-order valence-corrected chi connectivity index (χ2v) is 5.56. The summed E-state index contributed by atoms with van der Waals surface area (Å²) >= 11 is 9.33. The molecule has 1 heterocycles. The van der Waals surface area contributed by atoms with Crippen molar-refractivity contribution in [3.05, 3.63) is 33.3 Å². The zero-order valence-corrected chi connectivity index (χ0v) is 12.2. The van der Waals surface area contributed by atoms with E-state index >= 15 is 0 Å². The van der Waals surface area contributed by atoms with Gasteiger partial charge in [0.25, 0.3) is 0 Å². The number of halogens is 2. The van der Waals surface area contributed by atoms with Gasteiger partial charge in [-0.1, -0.05) is 33.6 Å². The van der Waals surface area contributed by atoms with Crippen molar-refractivity contribution in [2.24, 2.45) is 0 Å². The lowest BCUT2D eigenvalue weighted by atomic mass is 10.1. The molecule has 0 aromatic heterocycles. The van der Waals surface area contributed by atoms with Crippen LogP contribution in [0.1, 0.15) is 24.4 Å². The maximum Gasteiger partial charge on any atom is 0.122 e. The highest BCUT2D eigenvalue weighted by molar-refractivity contribution is 9.10. The Kier molecular flexibility index (Phi) is 5.02. The smallest absolute Gasteiger partial charge is 0.122 e. The Balaban J connectivity index is 2.01. The summed E-state index contributed by atoms with van der Waals surface area (Å²) in [5.41, 5.74) is 0.903. The van der Waals surface area contributed by atoms with E-state index in [2.05, 4.69) is 27.3 Å². The van der Waals surface area contributed by atoms with Crippen LogP contribution in [0.5, 0.6) is 0 Å². The first kappa shape index (κ1) is 13.8. The van der Waals surface area contributed by atoms with Crippen LogP contribution < -0.4 is 5.32 Å². The van der Waals surface area contributed by atoms with E-state index in [4.69, 9.17) is 16.3 Å². The van der Waals surface area contributed by atoms with E-state index in [0.717, 1.165) is 29.5 Å². The molecule has 0 radical (unpaired) electrons. The van der Waals surface area contributed by atoms with E-state index < -0.39 is 0 Å². The minimum atomic E-state index is -0.346. The molecular weight excluding hydrogens is 316 g/mol. The van der Waals surface area contributed by atoms with Crippen molar-refractivity contribution in [2.45, 2.75) is 25.0 Å². The summed E-state index contributed by atoms with van der Waals surface area (Å²) in [4.78, 5) is 0. The van der Waals surface area contributed by atoms with Gasteiger partial charge in [-0.2, -0.15) is 5.26 Å². The Bertz CT molecular complexity index is 455. The minimum absolute atomic E-state index is 0.229. The lowest BCUT2D eigenvalue weighted by Crippen LogP contribution is -2.29. The first-order valence-corrected chi connectivity index (χ1v) is 7.07. The third-order valence-electron chi connectivity index (χ3n) is 2.98. The molecule has 2 unspecified atom stereocenters. The minimum Gasteiger partial charge on any atom is -0.377 e. The third kappa shape index (κ3) is 3.46. The van der Waals surface area contributed by atoms with E-state index in [9.17, 15) is 5.26 Å². The molecule has 1 aliphatic heterocycles. The maximum atomic E-state index is 9.24. The van der Waals surface area contributed by atoms with Gasteiger partial charge in [-0.05, 0) is 30.5 Å². The Morgan fingerprint density at radius 3 is 3.06 bits per heavy atom. The van der Waals surface area contributed by atoms with Gasteiger partial charge in [-0.25, -0.2) is 0 Å². The van der Waals surface area contributed by atoms with Crippen molar-refractivity contribution in [1.82, 2.24) is 5.32 Å². The van der Waals surface area contributed by atoms with Crippen LogP contribution in [0.25, 0.3) is 0 Å². The Labute approximate surface area is 120 Å². The summed E-state index contributed by atoms with van der Waals surface area (Å²) < 4.78 is 6.38. The SMILES string of the molecule is N#CC(NCC1CCCO1)c1ccc(Cl)cc1Br. The van der Waals surface area contributed by atoms with Gasteiger partial charge in [0.1, 0.15) is 6.04 Å². The third-order valence-corrected chi connectivity index (χ3v) is 3.90. The fourth-order valence-electron chi connectivity index (χ4n) is 2.02. The van der Waals surface area contributed by atoms with Crippen molar-refractivity contribution < 1.29 is 4.74 Å². The molecule has 0 saturated carbocycles. The van der Waals surface area contributed by atoms with Gasteiger partial charge in [-0.15, -0.1) is 0 Å². The zero-order chi connectivity index (χ0) is 13.0. The molecule has 96 valence electrons. The molecular formula is C13H14BrClN2O. The fourth-order valence-corrected chi connectivity index (χ4v) is 2.93. The van der Waals surface area contributed by atoms with Crippen molar-refractivity contribution in [2.75, 3.05) is 13.2 Å². The summed E-state index contributed by atoms with van der Waals surface area (Å²) in [7, 11) is 0. The summed E-state index contributed by atoms with van der Waals surface area (Å²) in [6.07, 6.45) is 2.40. The van der Waals surface area contributed by atoms with Gasteiger partial charge in [0, 0.05) is 22.6 Å². The zero-order valence-electron chi connectivity index (χ0n) is 9.83. The first-order chi connectivity index (χ1) is 8.70. The molecule has 0 bridgehead atoms. The van der Waals surface area contributed by atoms with Gasteiger partial charge in [0.2, 0.25) is 0 Å². The lowest BCUT2D eigenvalue weighted by Gasteiger charge is -2.16. The second-order valence-electron chi connectivity index (χ2n) is 4.27. The van der Waals surface area contributed by atoms with Crippen molar-refractivity contribution in [3.63, 3.8) is 0 Å². The predicted octanol–water partition coefficient (Wildman–Crippen LogP) is 3.44. The molecule has 1 fully saturated rings. The number of ether oxygens (including phenoxy) is 1. The number of nitrogens with zero attached hydrogens (tertiary/aromatic N) is 1. The standard InChI is InChI=1S/C13H14BrClN2O/c14-12-6-9(15)3-4-11(12)13(7-16)17-8-10-2-1-5-18-10/h3-4,6,10,13,17H,1-2,5,8H2. The highest BCUT2D eigenvalue weighted by atomic mass is 79.9. The molecule has 1 N–H and O–H groups in total. The van der Waals surface area contributed by atoms with Crippen LogP contribution in [0.2, 0.25) is 5.02 Å². The lowest BCUT2D eigenvalue weighted by molar-refractivity contribution is 0.109. The van der Waals surface area contributed by atoms with Gasteiger partial charge in [-0.3, -0.25) is 5.32 Å². The van der Waals surface area contributed by atoms with E-state index in [-0.39, 0.29) is 12.1 Å². The van der Waals surface area contributed by atoms with Gasteiger partial charge < -0.3 is 4.74 Å². The molecule has 1 aromatic rings. The molecule has 1 aliphatic rings. The molecule has 18 heavy (non-hydrogen) atoms. The number of benzene rings is 1. The molecule has 5 heteroatoms. The Hall–Kier alpha value is -0.600. The summed E-state index contributed by atoms with van der Waals surface area (Å²) in [5, 5.41) is 13.1. The number of nitriles is 1. The summed E-state index contributed by atoms with van der Waals surface area (Å²) in [6, 6.07) is 7.37. The molecule has 2 rings (SSSR count). The van der Waals surface area contributed by atoms with Crippen LogP contribution in [0, 0.1) is 11.3 Å². The van der Waals surface area contributed by atoms with Gasteiger partial charge in [0.15, 0.2) is 0 Å².